The Kier molecular flexibility index (Phi) is 7.46. The van der Waals surface area contributed by atoms with E-state index in [1.807, 2.05) is 11.9 Å². The molecule has 138 valence electrons. The van der Waals surface area contributed by atoms with Crippen molar-refractivity contribution in [2.24, 2.45) is 5.92 Å². The summed E-state index contributed by atoms with van der Waals surface area (Å²) in [6.45, 7) is 2.77. The van der Waals surface area contributed by atoms with E-state index in [4.69, 9.17) is 8.94 Å². The summed E-state index contributed by atoms with van der Waals surface area (Å²) in [5, 5.41) is 7.10. The topological polar surface area (TPSA) is 84.4 Å². The summed E-state index contributed by atoms with van der Waals surface area (Å²) in [6.07, 6.45) is 7.40. The molecule has 1 aliphatic rings. The molecule has 0 radical (unpaired) electrons. The maximum absolute atomic E-state index is 12.3. The third kappa shape index (κ3) is 5.31. The molecule has 0 atom stereocenters. The van der Waals surface area contributed by atoms with Crippen LogP contribution in [0.1, 0.15) is 31.6 Å². The number of nitrogens with zero attached hydrogens (tertiary/aromatic N) is 3. The minimum atomic E-state index is 0. The normalized spacial score (nSPS) is 15.2. The second-order valence-electron chi connectivity index (χ2n) is 6.24. The zero-order chi connectivity index (χ0) is 16.8. The number of amides is 1. The van der Waals surface area contributed by atoms with Crippen LogP contribution in [0.5, 0.6) is 0 Å². The van der Waals surface area contributed by atoms with Gasteiger partial charge in [0.15, 0.2) is 0 Å². The predicted octanol–water partition coefficient (Wildman–Crippen LogP) is 2.53. The second kappa shape index (κ2) is 9.58. The number of carbonyl (C=O) groups excluding carboxylic acids is 1. The summed E-state index contributed by atoms with van der Waals surface area (Å²) in [4.78, 5) is 18.6. The molecule has 1 fully saturated rings. The maximum atomic E-state index is 12.3. The van der Waals surface area contributed by atoms with Gasteiger partial charge in [-0.1, -0.05) is 5.16 Å². The van der Waals surface area contributed by atoms with Gasteiger partial charge in [-0.2, -0.15) is 4.98 Å². The highest BCUT2D eigenvalue weighted by Crippen LogP contribution is 2.21. The van der Waals surface area contributed by atoms with E-state index in [9.17, 15) is 4.79 Å². The summed E-state index contributed by atoms with van der Waals surface area (Å²) in [6, 6.07) is 1.78. The zero-order valence-corrected chi connectivity index (χ0v) is 15.3. The number of hydrogen-bond acceptors (Lipinski definition) is 6. The highest BCUT2D eigenvalue weighted by Gasteiger charge is 2.22. The van der Waals surface area contributed by atoms with E-state index in [2.05, 4.69) is 15.5 Å². The van der Waals surface area contributed by atoms with Crippen molar-refractivity contribution in [1.82, 2.24) is 20.4 Å². The molecule has 3 heterocycles. The van der Waals surface area contributed by atoms with E-state index in [1.54, 1.807) is 18.6 Å². The van der Waals surface area contributed by atoms with Gasteiger partial charge in [0.05, 0.1) is 11.8 Å². The first-order valence-electron chi connectivity index (χ1n) is 8.54. The van der Waals surface area contributed by atoms with Gasteiger partial charge in [-0.3, -0.25) is 4.79 Å². The zero-order valence-electron chi connectivity index (χ0n) is 14.4. The third-order valence-electron chi connectivity index (χ3n) is 4.57. The fourth-order valence-electron chi connectivity index (χ4n) is 3.06. The average Bonchev–Trinajstić information content (AvgIpc) is 3.29. The van der Waals surface area contributed by atoms with Gasteiger partial charge in [-0.15, -0.1) is 12.4 Å². The number of hydrogen-bond donors (Lipinski definition) is 1. The Bertz CT molecular complexity index is 636. The molecule has 2 aromatic heterocycles. The molecule has 0 spiro atoms. The van der Waals surface area contributed by atoms with Crippen LogP contribution in [-0.4, -0.2) is 47.6 Å². The number of piperidine rings is 1. The number of carbonyl (C=O) groups is 1. The minimum absolute atomic E-state index is 0. The lowest BCUT2D eigenvalue weighted by Crippen LogP contribution is -2.39. The molecule has 3 rings (SSSR count). The van der Waals surface area contributed by atoms with Crippen molar-refractivity contribution in [1.29, 1.82) is 0 Å². The van der Waals surface area contributed by atoms with Crippen LogP contribution in [-0.2, 0) is 11.2 Å². The van der Waals surface area contributed by atoms with E-state index in [0.717, 1.165) is 44.0 Å². The highest BCUT2D eigenvalue weighted by atomic mass is 35.5. The lowest BCUT2D eigenvalue weighted by atomic mass is 9.93. The molecule has 1 amide bonds. The van der Waals surface area contributed by atoms with Gasteiger partial charge in [0, 0.05) is 25.9 Å². The Morgan fingerprint density at radius 3 is 2.88 bits per heavy atom. The predicted molar refractivity (Wildman–Crippen MR) is 95.4 cm³/mol. The lowest BCUT2D eigenvalue weighted by Gasteiger charge is -2.32. The number of halogens is 1. The average molecular weight is 369 g/mol. The van der Waals surface area contributed by atoms with Crippen LogP contribution in [0, 0.1) is 5.92 Å². The molecule has 0 aliphatic carbocycles. The van der Waals surface area contributed by atoms with Crippen LogP contribution in [0.4, 0.5) is 0 Å². The monoisotopic (exact) mass is 368 g/mol. The van der Waals surface area contributed by atoms with Crippen molar-refractivity contribution in [3.05, 3.63) is 24.5 Å². The van der Waals surface area contributed by atoms with Gasteiger partial charge in [-0.05, 0) is 44.8 Å². The first-order chi connectivity index (χ1) is 11.8. The Hall–Kier alpha value is -1.86. The van der Waals surface area contributed by atoms with E-state index in [0.29, 0.717) is 24.6 Å². The van der Waals surface area contributed by atoms with Gasteiger partial charge in [-0.25, -0.2) is 0 Å². The van der Waals surface area contributed by atoms with Crippen LogP contribution in [0.3, 0.4) is 0 Å². The van der Waals surface area contributed by atoms with Crippen molar-refractivity contribution < 1.29 is 13.7 Å². The van der Waals surface area contributed by atoms with Gasteiger partial charge in [0.2, 0.25) is 17.6 Å². The molecular weight excluding hydrogens is 344 g/mol. The minimum Gasteiger partial charge on any atom is -0.472 e. The number of aryl methyl sites for hydroxylation is 1. The van der Waals surface area contributed by atoms with Crippen molar-refractivity contribution in [3.63, 3.8) is 0 Å². The highest BCUT2D eigenvalue weighted by molar-refractivity contribution is 5.85. The summed E-state index contributed by atoms with van der Waals surface area (Å²) < 4.78 is 10.2. The van der Waals surface area contributed by atoms with Gasteiger partial charge in [0.25, 0.3) is 0 Å². The van der Waals surface area contributed by atoms with Crippen molar-refractivity contribution >= 4 is 18.3 Å². The first-order valence-corrected chi connectivity index (χ1v) is 8.54. The summed E-state index contributed by atoms with van der Waals surface area (Å²) >= 11 is 0. The van der Waals surface area contributed by atoms with E-state index in [-0.39, 0.29) is 18.3 Å². The van der Waals surface area contributed by atoms with Crippen LogP contribution >= 0.6 is 12.4 Å². The fraction of sp³-hybridized carbons (Fsp3) is 0.588. The molecule has 8 heteroatoms. The number of rotatable bonds is 7. The number of nitrogens with one attached hydrogen (secondary N) is 1. The Balaban J connectivity index is 0.00000225. The second-order valence-corrected chi connectivity index (χ2v) is 6.24. The summed E-state index contributed by atoms with van der Waals surface area (Å²) in [7, 11) is 1.98. The van der Waals surface area contributed by atoms with Crippen LogP contribution in [0.2, 0.25) is 0 Å². The lowest BCUT2D eigenvalue weighted by molar-refractivity contribution is -0.132. The van der Waals surface area contributed by atoms with Gasteiger partial charge >= 0.3 is 0 Å². The molecule has 7 nitrogen and oxygen atoms in total. The molecular formula is C17H25ClN4O3. The molecule has 0 saturated carbocycles. The summed E-state index contributed by atoms with van der Waals surface area (Å²) in [5.74, 6) is 1.89. The molecule has 0 bridgehead atoms. The van der Waals surface area contributed by atoms with Gasteiger partial charge in [0.1, 0.15) is 6.26 Å². The standard InChI is InChI=1S/C17H24N4O3.ClH/c1-18-8-4-13-5-9-21(10-6-13)16(22)3-2-15-19-17(20-24-15)14-7-11-23-12-14;/h7,11-13,18H,2-6,8-10H2,1H3;1H. The third-order valence-corrected chi connectivity index (χ3v) is 4.57. The SMILES string of the molecule is CNCCC1CCN(C(=O)CCc2nc(-c3ccoc3)no2)CC1.Cl. The van der Waals surface area contributed by atoms with Crippen molar-refractivity contribution in [3.8, 4) is 11.4 Å². The number of furan rings is 1. The summed E-state index contributed by atoms with van der Waals surface area (Å²) in [5.41, 5.74) is 0.778. The molecule has 1 aliphatic heterocycles. The molecule has 0 unspecified atom stereocenters. The molecule has 1 saturated heterocycles. The Labute approximate surface area is 153 Å². The Morgan fingerprint density at radius 1 is 1.40 bits per heavy atom. The van der Waals surface area contributed by atoms with Gasteiger partial charge < -0.3 is 19.2 Å². The van der Waals surface area contributed by atoms with Crippen LogP contribution < -0.4 is 5.32 Å². The quantitative estimate of drug-likeness (QED) is 0.808. The molecule has 1 N–H and O–H groups in total. The molecule has 25 heavy (non-hydrogen) atoms. The molecule has 2 aromatic rings. The number of likely N-dealkylation sites (tertiary alicyclic amines) is 1. The van der Waals surface area contributed by atoms with E-state index in [1.165, 1.54) is 6.42 Å². The Morgan fingerprint density at radius 2 is 2.20 bits per heavy atom. The fourth-order valence-corrected chi connectivity index (χ4v) is 3.06. The van der Waals surface area contributed by atoms with Crippen molar-refractivity contribution in [2.45, 2.75) is 32.1 Å². The maximum Gasteiger partial charge on any atom is 0.227 e. The van der Waals surface area contributed by atoms with Crippen LogP contribution in [0.25, 0.3) is 11.4 Å². The van der Waals surface area contributed by atoms with Crippen molar-refractivity contribution in [2.75, 3.05) is 26.7 Å². The smallest absolute Gasteiger partial charge is 0.227 e. The number of aromatic nitrogens is 2. The van der Waals surface area contributed by atoms with Crippen LogP contribution in [0.15, 0.2) is 27.5 Å². The van der Waals surface area contributed by atoms with E-state index >= 15 is 0 Å². The first kappa shape index (κ1) is 19.5. The van der Waals surface area contributed by atoms with E-state index < -0.39 is 0 Å². The largest absolute Gasteiger partial charge is 0.472 e. The molecule has 0 aromatic carbocycles.